The number of piperidine rings is 1. The highest BCUT2D eigenvalue weighted by Gasteiger charge is 2.21. The van der Waals surface area contributed by atoms with E-state index in [0.29, 0.717) is 18.1 Å². The molecule has 0 saturated carbocycles. The first kappa shape index (κ1) is 17.5. The van der Waals surface area contributed by atoms with Crippen LogP contribution in [-0.4, -0.2) is 28.9 Å². The van der Waals surface area contributed by atoms with Crippen LogP contribution < -0.4 is 4.74 Å². The first-order valence-corrected chi connectivity index (χ1v) is 8.96. The largest absolute Gasteiger partial charge is 0.489 e. The quantitative estimate of drug-likeness (QED) is 0.841. The summed E-state index contributed by atoms with van der Waals surface area (Å²) in [7, 11) is 0. The fourth-order valence-electron chi connectivity index (χ4n) is 3.20. The van der Waals surface area contributed by atoms with Crippen molar-refractivity contribution in [2.75, 3.05) is 13.1 Å². The van der Waals surface area contributed by atoms with Gasteiger partial charge in [-0.15, -0.1) is 0 Å². The summed E-state index contributed by atoms with van der Waals surface area (Å²) in [6.45, 7) is 8.44. The average Bonchev–Trinajstić information content (AvgIpc) is 2.61. The minimum atomic E-state index is 0.0766. The summed E-state index contributed by atoms with van der Waals surface area (Å²) in [6.07, 6.45) is 5.57. The number of carbonyl (C=O) groups is 1. The summed E-state index contributed by atoms with van der Waals surface area (Å²) in [5.74, 6) is 1.65. The molecule has 3 rings (SSSR count). The minimum Gasteiger partial charge on any atom is -0.489 e. The second-order valence-electron chi connectivity index (χ2n) is 7.11. The molecule has 1 aliphatic heterocycles. The third-order valence-electron chi connectivity index (χ3n) is 4.84. The van der Waals surface area contributed by atoms with Crippen molar-refractivity contribution in [2.24, 2.45) is 5.92 Å². The van der Waals surface area contributed by atoms with Gasteiger partial charge in [0.1, 0.15) is 12.4 Å². The lowest BCUT2D eigenvalue weighted by Crippen LogP contribution is -2.38. The number of likely N-dealkylation sites (tertiary alicyclic amines) is 1. The highest BCUT2D eigenvalue weighted by Crippen LogP contribution is 2.21. The molecule has 0 aliphatic carbocycles. The van der Waals surface area contributed by atoms with Gasteiger partial charge in [0.15, 0.2) is 0 Å². The Morgan fingerprint density at radius 3 is 2.68 bits per heavy atom. The van der Waals surface area contributed by atoms with E-state index in [1.165, 1.54) is 5.56 Å². The Labute approximate surface area is 149 Å². The number of carbonyl (C=O) groups excluding carboxylic acids is 1. The average molecular weight is 338 g/mol. The molecule has 0 spiro atoms. The number of aryl methyl sites for hydroxylation is 2. The molecule has 2 aromatic rings. The Kier molecular flexibility index (Phi) is 5.37. The summed E-state index contributed by atoms with van der Waals surface area (Å²) in [4.78, 5) is 18.8. The standard InChI is InChI=1S/C21H26N2O2/c1-15-6-8-23(9-7-15)21(24)19-11-18(12-22-13-19)14-25-20-5-4-16(2)10-17(20)3/h4-5,10-13,15H,6-9,14H2,1-3H3. The molecule has 1 aromatic heterocycles. The van der Waals surface area contributed by atoms with E-state index in [4.69, 9.17) is 4.74 Å². The summed E-state index contributed by atoms with van der Waals surface area (Å²) >= 11 is 0. The van der Waals surface area contributed by atoms with Crippen LogP contribution in [0.1, 0.15) is 46.8 Å². The fourth-order valence-corrected chi connectivity index (χ4v) is 3.20. The summed E-state index contributed by atoms with van der Waals surface area (Å²) < 4.78 is 5.91. The van der Waals surface area contributed by atoms with Crippen LogP contribution in [0, 0.1) is 19.8 Å². The second-order valence-corrected chi connectivity index (χ2v) is 7.11. The summed E-state index contributed by atoms with van der Waals surface area (Å²) in [5.41, 5.74) is 3.89. The van der Waals surface area contributed by atoms with E-state index in [9.17, 15) is 4.79 Å². The Morgan fingerprint density at radius 1 is 1.20 bits per heavy atom. The molecule has 1 amide bonds. The molecule has 1 aliphatic rings. The van der Waals surface area contributed by atoms with Crippen LogP contribution in [0.15, 0.2) is 36.7 Å². The van der Waals surface area contributed by atoms with Crippen molar-refractivity contribution >= 4 is 5.91 Å². The predicted molar refractivity (Wildman–Crippen MR) is 98.8 cm³/mol. The van der Waals surface area contributed by atoms with Gasteiger partial charge < -0.3 is 9.64 Å². The van der Waals surface area contributed by atoms with Crippen molar-refractivity contribution < 1.29 is 9.53 Å². The van der Waals surface area contributed by atoms with Gasteiger partial charge in [0, 0.05) is 31.0 Å². The molecule has 4 heteroatoms. The second kappa shape index (κ2) is 7.68. The zero-order valence-corrected chi connectivity index (χ0v) is 15.3. The number of amides is 1. The van der Waals surface area contributed by atoms with E-state index in [1.807, 2.05) is 30.0 Å². The van der Waals surface area contributed by atoms with Gasteiger partial charge in [-0.05, 0) is 50.3 Å². The molecule has 1 aromatic carbocycles. The normalized spacial score (nSPS) is 15.2. The van der Waals surface area contributed by atoms with Crippen molar-refractivity contribution in [1.29, 1.82) is 0 Å². The lowest BCUT2D eigenvalue weighted by atomic mass is 9.99. The van der Waals surface area contributed by atoms with Crippen molar-refractivity contribution in [3.8, 4) is 5.75 Å². The van der Waals surface area contributed by atoms with Crippen LogP contribution in [-0.2, 0) is 6.61 Å². The van der Waals surface area contributed by atoms with E-state index in [0.717, 1.165) is 42.8 Å². The topological polar surface area (TPSA) is 42.4 Å². The highest BCUT2D eigenvalue weighted by molar-refractivity contribution is 5.94. The molecule has 4 nitrogen and oxygen atoms in total. The molecule has 0 radical (unpaired) electrons. The summed E-state index contributed by atoms with van der Waals surface area (Å²) in [6, 6.07) is 8.03. The Balaban J connectivity index is 1.66. The van der Waals surface area contributed by atoms with Crippen LogP contribution >= 0.6 is 0 Å². The van der Waals surface area contributed by atoms with E-state index >= 15 is 0 Å². The zero-order chi connectivity index (χ0) is 17.8. The van der Waals surface area contributed by atoms with Gasteiger partial charge in [-0.25, -0.2) is 0 Å². The van der Waals surface area contributed by atoms with E-state index in [2.05, 4.69) is 24.9 Å². The van der Waals surface area contributed by atoms with E-state index in [-0.39, 0.29) is 5.91 Å². The van der Waals surface area contributed by atoms with Crippen molar-refractivity contribution in [3.63, 3.8) is 0 Å². The first-order chi connectivity index (χ1) is 12.0. The lowest BCUT2D eigenvalue weighted by Gasteiger charge is -2.30. The number of ether oxygens (including phenoxy) is 1. The van der Waals surface area contributed by atoms with Crippen molar-refractivity contribution in [2.45, 2.75) is 40.2 Å². The molecule has 1 saturated heterocycles. The van der Waals surface area contributed by atoms with Crippen LogP contribution in [0.2, 0.25) is 0 Å². The van der Waals surface area contributed by atoms with Crippen LogP contribution in [0.3, 0.4) is 0 Å². The van der Waals surface area contributed by atoms with Gasteiger partial charge in [0.2, 0.25) is 0 Å². The van der Waals surface area contributed by atoms with Gasteiger partial charge in [-0.1, -0.05) is 24.6 Å². The summed E-state index contributed by atoms with van der Waals surface area (Å²) in [5, 5.41) is 0. The van der Waals surface area contributed by atoms with Gasteiger partial charge >= 0.3 is 0 Å². The zero-order valence-electron chi connectivity index (χ0n) is 15.3. The monoisotopic (exact) mass is 338 g/mol. The van der Waals surface area contributed by atoms with Gasteiger partial charge in [-0.2, -0.15) is 0 Å². The minimum absolute atomic E-state index is 0.0766. The van der Waals surface area contributed by atoms with Crippen LogP contribution in [0.25, 0.3) is 0 Å². The molecule has 0 bridgehead atoms. The maximum atomic E-state index is 12.7. The third kappa shape index (κ3) is 4.38. The Morgan fingerprint density at radius 2 is 1.96 bits per heavy atom. The first-order valence-electron chi connectivity index (χ1n) is 8.96. The predicted octanol–water partition coefficient (Wildman–Crippen LogP) is 4.15. The molecular weight excluding hydrogens is 312 g/mol. The Bertz CT molecular complexity index is 749. The van der Waals surface area contributed by atoms with Crippen LogP contribution in [0.4, 0.5) is 0 Å². The Hall–Kier alpha value is -2.36. The van der Waals surface area contributed by atoms with Crippen LogP contribution in [0.5, 0.6) is 5.75 Å². The molecule has 0 atom stereocenters. The number of hydrogen-bond donors (Lipinski definition) is 0. The number of hydrogen-bond acceptors (Lipinski definition) is 3. The maximum absolute atomic E-state index is 12.7. The van der Waals surface area contributed by atoms with Gasteiger partial charge in [0.05, 0.1) is 5.56 Å². The molecule has 25 heavy (non-hydrogen) atoms. The molecule has 132 valence electrons. The van der Waals surface area contributed by atoms with E-state index in [1.54, 1.807) is 12.4 Å². The number of benzene rings is 1. The molecule has 2 heterocycles. The fraction of sp³-hybridized carbons (Fsp3) is 0.429. The number of nitrogens with zero attached hydrogens (tertiary/aromatic N) is 2. The molecule has 0 unspecified atom stereocenters. The van der Waals surface area contributed by atoms with Gasteiger partial charge in [-0.3, -0.25) is 9.78 Å². The smallest absolute Gasteiger partial charge is 0.255 e. The number of aromatic nitrogens is 1. The van der Waals surface area contributed by atoms with Gasteiger partial charge in [0.25, 0.3) is 5.91 Å². The lowest BCUT2D eigenvalue weighted by molar-refractivity contribution is 0.0696. The van der Waals surface area contributed by atoms with E-state index < -0.39 is 0 Å². The van der Waals surface area contributed by atoms with Crippen molar-refractivity contribution in [1.82, 2.24) is 9.88 Å². The maximum Gasteiger partial charge on any atom is 0.255 e. The molecule has 1 fully saturated rings. The number of pyridine rings is 1. The highest BCUT2D eigenvalue weighted by atomic mass is 16.5. The third-order valence-corrected chi connectivity index (χ3v) is 4.84. The number of rotatable bonds is 4. The van der Waals surface area contributed by atoms with Crippen molar-refractivity contribution in [3.05, 3.63) is 58.9 Å². The molecule has 0 N–H and O–H groups in total. The molecular formula is C21H26N2O2. The SMILES string of the molecule is Cc1ccc(OCc2cncc(C(=O)N3CCC(C)CC3)c2)c(C)c1.